The van der Waals surface area contributed by atoms with Crippen LogP contribution in [0.15, 0.2) is 35.4 Å². The molecule has 0 aliphatic rings. The topological polar surface area (TPSA) is 52.0 Å². The van der Waals surface area contributed by atoms with Gasteiger partial charge in [0.2, 0.25) is 0 Å². The summed E-state index contributed by atoms with van der Waals surface area (Å²) >= 11 is 1.94. The molecule has 0 bridgehead atoms. The van der Waals surface area contributed by atoms with Crippen LogP contribution in [-0.2, 0) is 6.54 Å². The highest BCUT2D eigenvalue weighted by molar-refractivity contribution is 14.1. The molecule has 0 aliphatic carbocycles. The molecule has 0 spiro atoms. The van der Waals surface area contributed by atoms with Crippen molar-refractivity contribution in [3.05, 3.63) is 61.6 Å². The third-order valence-electron chi connectivity index (χ3n) is 2.90. The molecule has 0 saturated carbocycles. The van der Waals surface area contributed by atoms with Gasteiger partial charge in [-0.3, -0.25) is 14.2 Å². The summed E-state index contributed by atoms with van der Waals surface area (Å²) in [7, 11) is 0. The molecule has 1 heterocycles. The van der Waals surface area contributed by atoms with E-state index in [1.165, 1.54) is 35.2 Å². The summed E-state index contributed by atoms with van der Waals surface area (Å²) in [5.74, 6) is -0.512. The predicted molar refractivity (Wildman–Crippen MR) is 81.3 cm³/mol. The number of rotatable bonds is 4. The number of aryl methyl sites for hydroxylation is 2. The highest BCUT2D eigenvalue weighted by Gasteiger charge is 2.09. The van der Waals surface area contributed by atoms with Gasteiger partial charge in [0.15, 0.2) is 5.78 Å². The van der Waals surface area contributed by atoms with E-state index in [9.17, 15) is 14.0 Å². The minimum absolute atomic E-state index is 0.132. The van der Waals surface area contributed by atoms with Crippen molar-refractivity contribution in [2.24, 2.45) is 0 Å². The smallest absolute Gasteiger partial charge is 0.267 e. The number of benzene rings is 1. The Labute approximate surface area is 128 Å². The zero-order valence-corrected chi connectivity index (χ0v) is 12.9. The van der Waals surface area contributed by atoms with Crippen molar-refractivity contribution in [1.82, 2.24) is 9.55 Å². The summed E-state index contributed by atoms with van der Waals surface area (Å²) in [4.78, 5) is 28.0. The molecule has 20 heavy (non-hydrogen) atoms. The van der Waals surface area contributed by atoms with Gasteiger partial charge in [-0.2, -0.15) is 0 Å². The van der Waals surface area contributed by atoms with Gasteiger partial charge >= 0.3 is 0 Å². The van der Waals surface area contributed by atoms with E-state index < -0.39 is 0 Å². The third kappa shape index (κ3) is 3.30. The van der Waals surface area contributed by atoms with Crippen LogP contribution < -0.4 is 5.56 Å². The number of hydrogen-bond acceptors (Lipinski definition) is 3. The lowest BCUT2D eigenvalue weighted by molar-refractivity contribution is 0.0976. The molecule has 0 aliphatic heterocycles. The molecule has 0 N–H and O–H groups in total. The van der Waals surface area contributed by atoms with E-state index >= 15 is 0 Å². The van der Waals surface area contributed by atoms with Crippen molar-refractivity contribution >= 4 is 28.4 Å². The zero-order chi connectivity index (χ0) is 14.7. The molecular formula is C14H12FIN2O2. The molecule has 0 saturated heterocycles. The van der Waals surface area contributed by atoms with Crippen LogP contribution in [0.5, 0.6) is 0 Å². The fraction of sp³-hybridized carbons (Fsp3) is 0.214. The summed E-state index contributed by atoms with van der Waals surface area (Å²) in [6.45, 7) is 2.02. The molecule has 2 rings (SSSR count). The summed E-state index contributed by atoms with van der Waals surface area (Å²) in [6.07, 6.45) is 1.62. The van der Waals surface area contributed by atoms with E-state index in [4.69, 9.17) is 0 Å². The van der Waals surface area contributed by atoms with Crippen molar-refractivity contribution in [1.29, 1.82) is 0 Å². The van der Waals surface area contributed by atoms with Crippen LogP contribution in [0.25, 0.3) is 0 Å². The molecule has 1 aromatic carbocycles. The number of nitrogens with zero attached hydrogens (tertiary/aromatic N) is 2. The van der Waals surface area contributed by atoms with E-state index in [0.29, 0.717) is 14.8 Å². The van der Waals surface area contributed by atoms with Crippen LogP contribution >= 0.6 is 22.6 Å². The second kappa shape index (κ2) is 6.25. The molecule has 0 unspecified atom stereocenters. The number of ketones is 1. The molecular weight excluding hydrogens is 374 g/mol. The first-order chi connectivity index (χ1) is 9.49. The van der Waals surface area contributed by atoms with E-state index in [-0.39, 0.29) is 30.1 Å². The van der Waals surface area contributed by atoms with Gasteiger partial charge in [-0.05, 0) is 53.8 Å². The first-order valence-corrected chi connectivity index (χ1v) is 7.07. The van der Waals surface area contributed by atoms with Crippen LogP contribution in [0, 0.1) is 16.3 Å². The van der Waals surface area contributed by atoms with Gasteiger partial charge in [-0.1, -0.05) is 0 Å². The van der Waals surface area contributed by atoms with Crippen molar-refractivity contribution in [2.45, 2.75) is 19.9 Å². The van der Waals surface area contributed by atoms with Crippen LogP contribution in [0.2, 0.25) is 0 Å². The Morgan fingerprint density at radius 1 is 1.35 bits per heavy atom. The highest BCUT2D eigenvalue weighted by atomic mass is 127. The predicted octanol–water partition coefficient (Wildman–Crippen LogP) is 2.57. The Kier molecular flexibility index (Phi) is 4.64. The van der Waals surface area contributed by atoms with Gasteiger partial charge in [0.05, 0.1) is 15.6 Å². The lowest BCUT2D eigenvalue weighted by Gasteiger charge is -2.06. The van der Waals surface area contributed by atoms with Crippen LogP contribution in [0.1, 0.15) is 22.5 Å². The molecule has 104 valence electrons. The maximum Gasteiger partial charge on any atom is 0.267 e. The summed E-state index contributed by atoms with van der Waals surface area (Å²) in [5.41, 5.74) is 0.968. The van der Waals surface area contributed by atoms with Crippen molar-refractivity contribution in [2.75, 3.05) is 0 Å². The van der Waals surface area contributed by atoms with Crippen LogP contribution in [0.3, 0.4) is 0 Å². The second-order valence-electron chi connectivity index (χ2n) is 4.32. The van der Waals surface area contributed by atoms with Crippen LogP contribution in [0.4, 0.5) is 4.39 Å². The van der Waals surface area contributed by atoms with Gasteiger partial charge in [-0.25, -0.2) is 9.37 Å². The molecule has 2 aromatic rings. The van der Waals surface area contributed by atoms with E-state index in [0.717, 1.165) is 0 Å². The molecule has 0 atom stereocenters. The van der Waals surface area contributed by atoms with Gasteiger partial charge < -0.3 is 0 Å². The van der Waals surface area contributed by atoms with Crippen molar-refractivity contribution in [3.8, 4) is 0 Å². The minimum atomic E-state index is -0.380. The number of halogens is 2. The van der Waals surface area contributed by atoms with Gasteiger partial charge in [-0.15, -0.1) is 0 Å². The fourth-order valence-electron chi connectivity index (χ4n) is 1.71. The summed E-state index contributed by atoms with van der Waals surface area (Å²) < 4.78 is 14.7. The minimum Gasteiger partial charge on any atom is -0.298 e. The van der Waals surface area contributed by atoms with E-state index in [2.05, 4.69) is 4.98 Å². The first kappa shape index (κ1) is 14.8. The van der Waals surface area contributed by atoms with E-state index in [1.807, 2.05) is 22.6 Å². The number of aromatic nitrogens is 2. The quantitative estimate of drug-likeness (QED) is 0.600. The van der Waals surface area contributed by atoms with Gasteiger partial charge in [0, 0.05) is 18.5 Å². The fourth-order valence-corrected chi connectivity index (χ4v) is 2.16. The van der Waals surface area contributed by atoms with Gasteiger partial charge in [0.25, 0.3) is 5.56 Å². The van der Waals surface area contributed by atoms with Gasteiger partial charge in [0.1, 0.15) is 5.82 Å². The van der Waals surface area contributed by atoms with Crippen molar-refractivity contribution in [3.63, 3.8) is 0 Å². The monoisotopic (exact) mass is 386 g/mol. The first-order valence-electron chi connectivity index (χ1n) is 5.99. The van der Waals surface area contributed by atoms with Crippen molar-refractivity contribution < 1.29 is 9.18 Å². The maximum atomic E-state index is 12.8. The number of Topliss-reactive ketones (excluding diaryl/α,β-unsaturated/α-hetero) is 1. The average molecular weight is 386 g/mol. The Morgan fingerprint density at radius 3 is 2.65 bits per heavy atom. The molecule has 0 fully saturated rings. The zero-order valence-electron chi connectivity index (χ0n) is 10.8. The third-order valence-corrected chi connectivity index (χ3v) is 4.15. The lowest BCUT2D eigenvalue weighted by atomic mass is 10.1. The molecule has 0 radical (unpaired) electrons. The Balaban J connectivity index is 2.09. The number of carbonyl (C=O) groups excluding carboxylic acids is 1. The number of hydrogen-bond donors (Lipinski definition) is 0. The molecule has 0 amide bonds. The molecule has 4 nitrogen and oxygen atoms in total. The number of carbonyl (C=O) groups is 1. The normalized spacial score (nSPS) is 10.6. The largest absolute Gasteiger partial charge is 0.298 e. The molecule has 1 aromatic heterocycles. The Morgan fingerprint density at radius 2 is 2.00 bits per heavy atom. The standard InChI is InChI=1S/C14H12FIN2O2/c1-9-13(16)14(20)18(8-17-9)7-6-12(19)10-2-4-11(15)5-3-10/h2-5,8H,6-7H2,1H3. The second-order valence-corrected chi connectivity index (χ2v) is 5.40. The SMILES string of the molecule is Cc1ncn(CCC(=O)c2ccc(F)cc2)c(=O)c1I. The lowest BCUT2D eigenvalue weighted by Crippen LogP contribution is -2.25. The van der Waals surface area contributed by atoms with Crippen LogP contribution in [-0.4, -0.2) is 15.3 Å². The summed E-state index contributed by atoms with van der Waals surface area (Å²) in [6, 6.07) is 5.38. The Bertz CT molecular complexity index is 695. The van der Waals surface area contributed by atoms with E-state index in [1.54, 1.807) is 6.92 Å². The molecule has 6 heteroatoms. The Hall–Kier alpha value is -1.57. The highest BCUT2D eigenvalue weighted by Crippen LogP contribution is 2.07. The maximum absolute atomic E-state index is 12.8. The average Bonchev–Trinajstić information content (AvgIpc) is 2.44. The summed E-state index contributed by atoms with van der Waals surface area (Å²) in [5, 5.41) is 0.